The van der Waals surface area contributed by atoms with Gasteiger partial charge in [-0.25, -0.2) is 0 Å². The second-order valence-corrected chi connectivity index (χ2v) is 9.86. The lowest BCUT2D eigenvalue weighted by Crippen LogP contribution is -2.84. The van der Waals surface area contributed by atoms with E-state index in [1.165, 1.54) is 11.1 Å². The highest BCUT2D eigenvalue weighted by Crippen LogP contribution is 2.78. The quantitative estimate of drug-likeness (QED) is 0.737. The number of benzene rings is 1. The maximum Gasteiger partial charge on any atom is 0.166 e. The normalized spacial score (nSPS) is 45.7. The minimum absolute atomic E-state index is 0.143. The number of fused-ring (bicyclic) bond motifs is 1. The molecule has 5 nitrogen and oxygen atoms in total. The standard InChI is InChI=1S/C24H29NO4/c1-14(26)16-13-22-8-9-24(16,28-5)21(2)23(22)10-11-25(3)18(22)12-15-6-7-17(27-4)20(29-21)19(15)23/h6-9,16,18H,10-13H2,1-5H3/t16-,18-,21+,22-,23+,24-/m1/s1. The zero-order valence-electron chi connectivity index (χ0n) is 17.9. The molecule has 1 aromatic carbocycles. The van der Waals surface area contributed by atoms with Gasteiger partial charge in [-0.3, -0.25) is 4.79 Å². The number of rotatable bonds is 3. The van der Waals surface area contributed by atoms with Crippen LogP contribution in [0.4, 0.5) is 0 Å². The molecular formula is C24H29NO4. The van der Waals surface area contributed by atoms with Crippen molar-refractivity contribution in [3.8, 4) is 11.5 Å². The summed E-state index contributed by atoms with van der Waals surface area (Å²) < 4.78 is 19.0. The third-order valence-corrected chi connectivity index (χ3v) is 9.41. The van der Waals surface area contributed by atoms with E-state index in [0.29, 0.717) is 6.04 Å². The van der Waals surface area contributed by atoms with E-state index in [-0.39, 0.29) is 22.5 Å². The number of nitrogens with zero attached hydrogens (tertiary/aromatic N) is 1. The van der Waals surface area contributed by atoms with Gasteiger partial charge >= 0.3 is 0 Å². The molecule has 2 fully saturated rings. The van der Waals surface area contributed by atoms with Gasteiger partial charge in [-0.05, 0) is 58.3 Å². The molecule has 0 unspecified atom stereocenters. The fourth-order valence-corrected chi connectivity index (χ4v) is 8.30. The van der Waals surface area contributed by atoms with E-state index < -0.39 is 11.2 Å². The minimum Gasteiger partial charge on any atom is -0.493 e. The number of piperidine rings is 1. The van der Waals surface area contributed by atoms with Crippen LogP contribution in [0.15, 0.2) is 24.3 Å². The number of hydrogen-bond donors (Lipinski definition) is 0. The highest BCUT2D eigenvalue weighted by atomic mass is 16.6. The molecule has 154 valence electrons. The van der Waals surface area contributed by atoms with Gasteiger partial charge in [0.1, 0.15) is 11.4 Å². The maximum atomic E-state index is 12.9. The first-order valence-electron chi connectivity index (χ1n) is 10.7. The fraction of sp³-hybridized carbons (Fsp3) is 0.625. The van der Waals surface area contributed by atoms with Gasteiger partial charge in [-0.15, -0.1) is 0 Å². The Bertz CT molecular complexity index is 987. The van der Waals surface area contributed by atoms with Crippen molar-refractivity contribution in [1.82, 2.24) is 4.90 Å². The summed E-state index contributed by atoms with van der Waals surface area (Å²) in [6, 6.07) is 4.61. The van der Waals surface area contributed by atoms with Crippen LogP contribution in [-0.4, -0.2) is 55.7 Å². The Hall–Kier alpha value is -1.85. The molecule has 0 radical (unpaired) electrons. The van der Waals surface area contributed by atoms with Crippen LogP contribution in [0.5, 0.6) is 11.5 Å². The molecule has 1 aromatic rings. The van der Waals surface area contributed by atoms with Crippen LogP contribution in [-0.2, 0) is 21.4 Å². The van der Waals surface area contributed by atoms with E-state index in [2.05, 4.69) is 37.1 Å². The molecule has 5 heteroatoms. The van der Waals surface area contributed by atoms with Crippen molar-refractivity contribution in [2.24, 2.45) is 11.3 Å². The number of carbonyl (C=O) groups is 1. The number of hydrogen-bond acceptors (Lipinski definition) is 5. The van der Waals surface area contributed by atoms with Gasteiger partial charge in [0, 0.05) is 24.1 Å². The topological polar surface area (TPSA) is 48.0 Å². The molecule has 0 aromatic heterocycles. The van der Waals surface area contributed by atoms with Gasteiger partial charge in [0.25, 0.3) is 0 Å². The van der Waals surface area contributed by atoms with Crippen molar-refractivity contribution in [1.29, 1.82) is 0 Å². The van der Waals surface area contributed by atoms with E-state index in [4.69, 9.17) is 14.2 Å². The highest BCUT2D eigenvalue weighted by molar-refractivity contribution is 5.83. The average molecular weight is 395 g/mol. The zero-order chi connectivity index (χ0) is 20.4. The van der Waals surface area contributed by atoms with Crippen LogP contribution in [0.2, 0.25) is 0 Å². The van der Waals surface area contributed by atoms with Crippen LogP contribution in [0.3, 0.4) is 0 Å². The molecule has 6 aliphatic rings. The van der Waals surface area contributed by atoms with Gasteiger partial charge in [0.05, 0.1) is 18.4 Å². The SMILES string of the molecule is COc1ccc2c3c1O[C@@]1(C)[C@]34CCN(C)[C@H](C2)[C@]42C=C[C@@]1(OC)[C@@H](C(C)=O)C2. The number of carbonyl (C=O) groups excluding carboxylic acids is 1. The molecule has 0 amide bonds. The number of methoxy groups -OCH3 is 2. The maximum absolute atomic E-state index is 12.9. The largest absolute Gasteiger partial charge is 0.493 e. The second kappa shape index (κ2) is 5.06. The molecule has 1 saturated carbocycles. The Balaban J connectivity index is 1.76. The summed E-state index contributed by atoms with van der Waals surface area (Å²) in [7, 11) is 5.68. The minimum atomic E-state index is -0.778. The molecular weight excluding hydrogens is 366 g/mol. The molecule has 29 heavy (non-hydrogen) atoms. The summed E-state index contributed by atoms with van der Waals surface area (Å²) in [5.41, 5.74) is 0.875. The van der Waals surface area contributed by atoms with Crippen LogP contribution in [0.25, 0.3) is 0 Å². The molecule has 7 rings (SSSR count). The van der Waals surface area contributed by atoms with Gasteiger partial charge < -0.3 is 19.1 Å². The Morgan fingerprint density at radius 2 is 2.07 bits per heavy atom. The summed E-state index contributed by atoms with van der Waals surface area (Å²) >= 11 is 0. The Morgan fingerprint density at radius 1 is 1.28 bits per heavy atom. The Kier molecular flexibility index (Phi) is 3.14. The highest BCUT2D eigenvalue weighted by Gasteiger charge is 2.84. The lowest BCUT2D eigenvalue weighted by Gasteiger charge is -2.74. The monoisotopic (exact) mass is 395 g/mol. The van der Waals surface area contributed by atoms with Crippen molar-refractivity contribution in [3.05, 3.63) is 35.4 Å². The number of ketones is 1. The van der Waals surface area contributed by atoms with Crippen LogP contribution < -0.4 is 9.47 Å². The molecule has 2 aliphatic heterocycles. The molecule has 6 atom stereocenters. The molecule has 4 aliphatic carbocycles. The summed E-state index contributed by atoms with van der Waals surface area (Å²) in [6.45, 7) is 4.92. The summed E-state index contributed by atoms with van der Waals surface area (Å²) in [5, 5.41) is 0. The molecule has 2 heterocycles. The zero-order valence-corrected chi connectivity index (χ0v) is 17.9. The number of likely N-dealkylation sites (N-methyl/N-ethyl adjacent to an activating group) is 1. The molecule has 0 N–H and O–H groups in total. The molecule has 2 spiro atoms. The third kappa shape index (κ3) is 1.52. The predicted octanol–water partition coefficient (Wildman–Crippen LogP) is 2.89. The summed E-state index contributed by atoms with van der Waals surface area (Å²) in [4.78, 5) is 15.4. The Labute approximate surface area is 172 Å². The fourth-order valence-electron chi connectivity index (χ4n) is 8.30. The Morgan fingerprint density at radius 3 is 2.76 bits per heavy atom. The number of ether oxygens (including phenoxy) is 3. The van der Waals surface area contributed by atoms with Crippen LogP contribution >= 0.6 is 0 Å². The van der Waals surface area contributed by atoms with Crippen LogP contribution in [0, 0.1) is 11.3 Å². The molecule has 4 bridgehead atoms. The smallest absolute Gasteiger partial charge is 0.166 e. The summed E-state index contributed by atoms with van der Waals surface area (Å²) in [6.07, 6.45) is 7.36. The van der Waals surface area contributed by atoms with Crippen molar-refractivity contribution >= 4 is 5.78 Å². The van der Waals surface area contributed by atoms with Crippen molar-refractivity contribution in [2.45, 2.75) is 55.8 Å². The van der Waals surface area contributed by atoms with E-state index >= 15 is 0 Å². The van der Waals surface area contributed by atoms with Crippen LogP contribution in [0.1, 0.15) is 37.8 Å². The van der Waals surface area contributed by atoms with Crippen molar-refractivity contribution < 1.29 is 19.0 Å². The number of likely N-dealkylation sites (tertiary alicyclic amines) is 1. The lowest BCUT2D eigenvalue weighted by molar-refractivity contribution is -0.255. The summed E-state index contributed by atoms with van der Waals surface area (Å²) in [5.74, 6) is 1.62. The van der Waals surface area contributed by atoms with Gasteiger partial charge in [-0.1, -0.05) is 18.2 Å². The first-order valence-corrected chi connectivity index (χ1v) is 10.7. The third-order valence-electron chi connectivity index (χ3n) is 9.41. The van der Waals surface area contributed by atoms with Gasteiger partial charge in [0.2, 0.25) is 0 Å². The predicted molar refractivity (Wildman–Crippen MR) is 109 cm³/mol. The van der Waals surface area contributed by atoms with Gasteiger partial charge in [0.15, 0.2) is 17.1 Å². The average Bonchev–Trinajstić information content (AvgIpc) is 3.00. The second-order valence-electron chi connectivity index (χ2n) is 9.86. The van der Waals surface area contributed by atoms with E-state index in [0.717, 1.165) is 37.3 Å². The van der Waals surface area contributed by atoms with Crippen molar-refractivity contribution in [3.63, 3.8) is 0 Å². The van der Waals surface area contributed by atoms with E-state index in [9.17, 15) is 4.79 Å². The number of Topliss-reactive ketones (excluding diaryl/α,β-unsaturated/α-hetero) is 1. The van der Waals surface area contributed by atoms with E-state index in [1.54, 1.807) is 21.1 Å². The first-order chi connectivity index (χ1) is 13.8. The van der Waals surface area contributed by atoms with Gasteiger partial charge in [-0.2, -0.15) is 0 Å². The molecule has 1 saturated heterocycles. The first kappa shape index (κ1) is 18.0. The van der Waals surface area contributed by atoms with E-state index in [1.807, 2.05) is 6.07 Å². The van der Waals surface area contributed by atoms with Crippen molar-refractivity contribution in [2.75, 3.05) is 27.8 Å². The lowest BCUT2D eigenvalue weighted by atomic mass is 9.33.